The number of hydrogen-bond acceptors (Lipinski definition) is 0. The van der Waals surface area contributed by atoms with Gasteiger partial charge in [-0.25, -0.2) is 0 Å². The summed E-state index contributed by atoms with van der Waals surface area (Å²) in [6.07, 6.45) is -1.63. The van der Waals surface area contributed by atoms with Crippen LogP contribution in [0.25, 0.3) is 10.9 Å². The van der Waals surface area contributed by atoms with Crippen LogP contribution in [0.5, 0.6) is 0 Å². The van der Waals surface area contributed by atoms with Gasteiger partial charge < -0.3 is 4.57 Å². The molecule has 0 atom stereocenters. The van der Waals surface area contributed by atoms with Gasteiger partial charge in [-0.05, 0) is 35.7 Å². The van der Waals surface area contributed by atoms with Crippen LogP contribution in [-0.4, -0.2) is 4.57 Å². The van der Waals surface area contributed by atoms with E-state index in [1.54, 1.807) is 12.1 Å². The van der Waals surface area contributed by atoms with Crippen LogP contribution >= 0.6 is 12.4 Å². The number of aromatic nitrogens is 1. The van der Waals surface area contributed by atoms with Crippen LogP contribution in [-0.2, 0) is 19.6 Å². The van der Waals surface area contributed by atoms with Crippen molar-refractivity contribution in [2.75, 3.05) is 0 Å². The molecule has 0 spiro atoms. The van der Waals surface area contributed by atoms with Crippen molar-refractivity contribution < 1.29 is 13.2 Å². The monoisotopic (exact) mass is 325 g/mol. The second-order valence-corrected chi connectivity index (χ2v) is 5.15. The first-order valence-electron chi connectivity index (χ1n) is 6.64. The summed E-state index contributed by atoms with van der Waals surface area (Å²) in [4.78, 5) is 0. The number of halogens is 4. The van der Waals surface area contributed by atoms with Gasteiger partial charge in [0.1, 0.15) is 0 Å². The third-order valence-corrected chi connectivity index (χ3v) is 3.66. The Bertz CT molecular complexity index is 773. The zero-order valence-electron chi connectivity index (χ0n) is 11.9. The summed E-state index contributed by atoms with van der Waals surface area (Å²) < 4.78 is 39.7. The van der Waals surface area contributed by atoms with Gasteiger partial charge in [0.2, 0.25) is 0 Å². The van der Waals surface area contributed by atoms with E-state index in [1.165, 1.54) is 0 Å². The summed E-state index contributed by atoms with van der Waals surface area (Å²) in [6, 6.07) is 13.4. The van der Waals surface area contributed by atoms with Gasteiger partial charge in [0, 0.05) is 24.1 Å². The summed E-state index contributed by atoms with van der Waals surface area (Å²) in [5.74, 6) is 0. The molecule has 0 saturated carbocycles. The molecule has 1 nitrogen and oxygen atoms in total. The van der Waals surface area contributed by atoms with Crippen LogP contribution in [0.1, 0.15) is 16.7 Å². The van der Waals surface area contributed by atoms with Crippen LogP contribution < -0.4 is 0 Å². The molecule has 0 N–H and O–H groups in total. The number of rotatable bonds is 2. The fraction of sp³-hybridized carbons (Fsp3) is 0.176. The molecule has 0 unspecified atom stereocenters. The minimum absolute atomic E-state index is 0. The van der Waals surface area contributed by atoms with E-state index in [0.717, 1.165) is 34.2 Å². The van der Waals surface area contributed by atoms with Gasteiger partial charge in [0.05, 0.1) is 5.56 Å². The molecule has 0 radical (unpaired) electrons. The van der Waals surface area contributed by atoms with E-state index in [9.17, 15) is 13.2 Å². The van der Waals surface area contributed by atoms with Gasteiger partial charge >= 0.3 is 6.18 Å². The van der Waals surface area contributed by atoms with Gasteiger partial charge in [-0.3, -0.25) is 0 Å². The summed E-state index contributed by atoms with van der Waals surface area (Å²) in [5.41, 5.74) is 2.51. The van der Waals surface area contributed by atoms with Gasteiger partial charge in [-0.1, -0.05) is 30.3 Å². The summed E-state index contributed by atoms with van der Waals surface area (Å²) in [5, 5.41) is 1.14. The molecular weight excluding hydrogens is 311 g/mol. The molecule has 0 saturated heterocycles. The third kappa shape index (κ3) is 3.12. The molecule has 0 bridgehead atoms. The van der Waals surface area contributed by atoms with Crippen molar-refractivity contribution in [2.45, 2.75) is 12.6 Å². The lowest BCUT2D eigenvalue weighted by atomic mass is 10.0. The molecule has 0 aliphatic rings. The standard InChI is InChI=1S/C17H14F3N.ClH/c1-21-11-13(15-4-2-3-5-16(15)21)10-12-6-8-14(9-7-12)17(18,19)20;/h2-9,11H,10H2,1H3;1H. The number of hydrogen-bond donors (Lipinski definition) is 0. The summed E-state index contributed by atoms with van der Waals surface area (Å²) >= 11 is 0. The Morgan fingerprint density at radius 3 is 2.23 bits per heavy atom. The molecule has 0 aliphatic carbocycles. The van der Waals surface area contributed by atoms with Gasteiger partial charge in [-0.2, -0.15) is 13.2 Å². The first kappa shape index (κ1) is 16.4. The van der Waals surface area contributed by atoms with Crippen molar-refractivity contribution in [3.05, 3.63) is 71.4 Å². The average molecular weight is 326 g/mol. The number of para-hydroxylation sites is 1. The Morgan fingerprint density at radius 1 is 0.955 bits per heavy atom. The average Bonchev–Trinajstić information content (AvgIpc) is 2.76. The molecule has 0 fully saturated rings. The lowest BCUT2D eigenvalue weighted by Gasteiger charge is -2.07. The van der Waals surface area contributed by atoms with Crippen molar-refractivity contribution in [1.29, 1.82) is 0 Å². The van der Waals surface area contributed by atoms with Crippen molar-refractivity contribution in [3.63, 3.8) is 0 Å². The van der Waals surface area contributed by atoms with Gasteiger partial charge in [0.25, 0.3) is 0 Å². The normalized spacial score (nSPS) is 11.5. The summed E-state index contributed by atoms with van der Waals surface area (Å²) in [7, 11) is 1.97. The van der Waals surface area contributed by atoms with E-state index in [-0.39, 0.29) is 12.4 Å². The van der Waals surface area contributed by atoms with Gasteiger partial charge in [0.15, 0.2) is 0 Å². The maximum atomic E-state index is 12.6. The van der Waals surface area contributed by atoms with E-state index >= 15 is 0 Å². The highest BCUT2D eigenvalue weighted by molar-refractivity contribution is 5.85. The largest absolute Gasteiger partial charge is 0.416 e. The molecule has 116 valence electrons. The van der Waals surface area contributed by atoms with Crippen molar-refractivity contribution in [1.82, 2.24) is 4.57 Å². The van der Waals surface area contributed by atoms with E-state index in [0.29, 0.717) is 6.42 Å². The van der Waals surface area contributed by atoms with Crippen LogP contribution in [0.3, 0.4) is 0 Å². The first-order valence-corrected chi connectivity index (χ1v) is 6.64. The second-order valence-electron chi connectivity index (χ2n) is 5.15. The highest BCUT2D eigenvalue weighted by Crippen LogP contribution is 2.30. The second kappa shape index (κ2) is 6.05. The Hall–Kier alpha value is -1.94. The SMILES string of the molecule is Cl.Cn1cc(Cc2ccc(C(F)(F)F)cc2)c2ccccc21. The maximum absolute atomic E-state index is 12.6. The quantitative estimate of drug-likeness (QED) is 0.609. The minimum Gasteiger partial charge on any atom is -0.350 e. The minimum atomic E-state index is -4.28. The number of nitrogens with zero attached hydrogens (tertiary/aromatic N) is 1. The molecule has 2 aromatic carbocycles. The van der Waals surface area contributed by atoms with Crippen LogP contribution in [0.2, 0.25) is 0 Å². The lowest BCUT2D eigenvalue weighted by molar-refractivity contribution is -0.137. The van der Waals surface area contributed by atoms with Crippen molar-refractivity contribution >= 4 is 23.3 Å². The van der Waals surface area contributed by atoms with Crippen LogP contribution in [0, 0.1) is 0 Å². The first-order chi connectivity index (χ1) is 9.95. The van der Waals surface area contributed by atoms with E-state index in [1.807, 2.05) is 42.1 Å². The smallest absolute Gasteiger partial charge is 0.350 e. The molecule has 1 aromatic heterocycles. The predicted octanol–water partition coefficient (Wildman–Crippen LogP) is 5.21. The number of benzene rings is 2. The Kier molecular flexibility index (Phi) is 4.52. The Balaban J connectivity index is 0.00000176. The molecule has 3 rings (SSSR count). The third-order valence-electron chi connectivity index (χ3n) is 3.66. The Labute approximate surface area is 132 Å². The molecule has 5 heteroatoms. The molecule has 0 amide bonds. The van der Waals surface area contributed by atoms with Crippen molar-refractivity contribution in [2.24, 2.45) is 7.05 Å². The fourth-order valence-electron chi connectivity index (χ4n) is 2.60. The molecule has 22 heavy (non-hydrogen) atoms. The number of alkyl halides is 3. The molecule has 0 aliphatic heterocycles. The fourth-order valence-corrected chi connectivity index (χ4v) is 2.60. The van der Waals surface area contributed by atoms with Crippen LogP contribution in [0.15, 0.2) is 54.7 Å². The van der Waals surface area contributed by atoms with Crippen molar-refractivity contribution in [3.8, 4) is 0 Å². The number of aryl methyl sites for hydroxylation is 1. The maximum Gasteiger partial charge on any atom is 0.416 e. The highest BCUT2D eigenvalue weighted by atomic mass is 35.5. The van der Waals surface area contributed by atoms with Crippen LogP contribution in [0.4, 0.5) is 13.2 Å². The summed E-state index contributed by atoms with van der Waals surface area (Å²) in [6.45, 7) is 0. The van der Waals surface area contributed by atoms with Gasteiger partial charge in [-0.15, -0.1) is 12.4 Å². The van der Waals surface area contributed by atoms with E-state index in [4.69, 9.17) is 0 Å². The highest BCUT2D eigenvalue weighted by Gasteiger charge is 2.29. The topological polar surface area (TPSA) is 4.93 Å². The molecular formula is C17H15ClF3N. The number of fused-ring (bicyclic) bond motifs is 1. The lowest BCUT2D eigenvalue weighted by Crippen LogP contribution is -2.04. The predicted molar refractivity (Wildman–Crippen MR) is 84.4 cm³/mol. The van der Waals surface area contributed by atoms with E-state index < -0.39 is 11.7 Å². The molecule has 1 heterocycles. The molecule has 3 aromatic rings. The zero-order chi connectivity index (χ0) is 15.0. The van der Waals surface area contributed by atoms with E-state index in [2.05, 4.69) is 0 Å². The Morgan fingerprint density at radius 2 is 1.59 bits per heavy atom. The zero-order valence-corrected chi connectivity index (χ0v) is 12.7.